The summed E-state index contributed by atoms with van der Waals surface area (Å²) in [5.41, 5.74) is 12.1. The number of benzene rings is 2. The lowest BCUT2D eigenvalue weighted by molar-refractivity contribution is -0.123. The minimum Gasteiger partial charge on any atom is -0.497 e. The number of aromatic nitrogens is 2. The molecule has 4 rings (SSSR count). The zero-order valence-electron chi connectivity index (χ0n) is 22.2. The summed E-state index contributed by atoms with van der Waals surface area (Å²) in [5.74, 6) is -1.28. The van der Waals surface area contributed by atoms with Gasteiger partial charge in [0.1, 0.15) is 22.4 Å². The molecule has 2 heterocycles. The van der Waals surface area contributed by atoms with E-state index in [1.165, 1.54) is 19.1 Å². The number of carbonyl (C=O) groups is 3. The number of nitrogens with one attached hydrogen (secondary N) is 2. The van der Waals surface area contributed by atoms with Crippen LogP contribution >= 0.6 is 11.5 Å². The molecule has 11 nitrogen and oxygen atoms in total. The third-order valence-corrected chi connectivity index (χ3v) is 6.79. The van der Waals surface area contributed by atoms with E-state index in [1.807, 2.05) is 45.0 Å². The van der Waals surface area contributed by atoms with Crippen LogP contribution in [0.2, 0.25) is 0 Å². The number of methoxy groups -OCH3 is 2. The molecule has 2 aromatic heterocycles. The molecule has 0 saturated heterocycles. The highest BCUT2D eigenvalue weighted by atomic mass is 32.1. The van der Waals surface area contributed by atoms with Crippen LogP contribution in [0.5, 0.6) is 11.5 Å². The summed E-state index contributed by atoms with van der Waals surface area (Å²) in [6, 6.07) is 11.1. The number of fused-ring (bicyclic) bond motifs is 1. The lowest BCUT2D eigenvalue weighted by Gasteiger charge is -2.34. The molecule has 2 aromatic carbocycles. The van der Waals surface area contributed by atoms with Crippen molar-refractivity contribution in [1.82, 2.24) is 14.7 Å². The van der Waals surface area contributed by atoms with Crippen LogP contribution in [-0.2, 0) is 4.79 Å². The summed E-state index contributed by atoms with van der Waals surface area (Å²) in [4.78, 5) is 44.8. The van der Waals surface area contributed by atoms with Gasteiger partial charge in [-0.15, -0.1) is 0 Å². The molecule has 0 radical (unpaired) electrons. The van der Waals surface area contributed by atoms with Crippen LogP contribution in [0, 0.1) is 0 Å². The summed E-state index contributed by atoms with van der Waals surface area (Å²) in [6.07, 6.45) is 1.69. The first-order chi connectivity index (χ1) is 18.5. The molecule has 3 amide bonds. The van der Waals surface area contributed by atoms with E-state index in [9.17, 15) is 14.4 Å². The maximum Gasteiger partial charge on any atom is 0.273 e. The minimum absolute atomic E-state index is 0.0536. The number of para-hydroxylation sites is 1. The van der Waals surface area contributed by atoms with Crippen LogP contribution in [0.3, 0.4) is 0 Å². The van der Waals surface area contributed by atoms with Crippen molar-refractivity contribution in [2.45, 2.75) is 32.4 Å². The van der Waals surface area contributed by atoms with Crippen molar-refractivity contribution in [2.24, 2.45) is 5.73 Å². The summed E-state index contributed by atoms with van der Waals surface area (Å²) in [5, 5.41) is 3.73. The number of primary amides is 1. The molecule has 204 valence electrons. The summed E-state index contributed by atoms with van der Waals surface area (Å²) in [7, 11) is 2.94. The van der Waals surface area contributed by atoms with Gasteiger partial charge in [0.25, 0.3) is 11.8 Å². The Balaban J connectivity index is 2.04. The zero-order valence-corrected chi connectivity index (χ0v) is 23.0. The number of amides is 3. The van der Waals surface area contributed by atoms with E-state index in [2.05, 4.69) is 14.7 Å². The standard InChI is InChI=1S/C27H30N6O5S/c1-27(2,3)31-25(35)22(16-13-30-17-9-7-6-8-15(16)17)33(18-12-14(37-4)10-11-19(18)38-5)26(36)23-20(28)21(24(29)34)32-39-23/h6-13,22,30H,28H2,1-5H3,(H2,29,34)(H,31,35)/t22-/m0/s1. The van der Waals surface area contributed by atoms with E-state index in [0.717, 1.165) is 22.4 Å². The van der Waals surface area contributed by atoms with Crippen molar-refractivity contribution in [3.63, 3.8) is 0 Å². The minimum atomic E-state index is -1.20. The number of hydrogen-bond donors (Lipinski definition) is 4. The van der Waals surface area contributed by atoms with Gasteiger partial charge in [0.2, 0.25) is 5.91 Å². The van der Waals surface area contributed by atoms with E-state index in [0.29, 0.717) is 17.1 Å². The molecule has 0 fully saturated rings. The SMILES string of the molecule is COc1ccc(OC)c(N(C(=O)c2snc(C(N)=O)c2N)[C@H](C(=O)NC(C)(C)C)c2c[nH]c3ccccc23)c1. The smallest absolute Gasteiger partial charge is 0.273 e. The molecule has 0 aliphatic carbocycles. The lowest BCUT2D eigenvalue weighted by Crippen LogP contribution is -2.49. The average Bonchev–Trinajstić information content (AvgIpc) is 3.49. The maximum absolute atomic E-state index is 14.4. The summed E-state index contributed by atoms with van der Waals surface area (Å²) < 4.78 is 15.0. The number of nitrogens with two attached hydrogens (primary N) is 2. The lowest BCUT2D eigenvalue weighted by atomic mass is 9.99. The van der Waals surface area contributed by atoms with Crippen LogP contribution in [-0.4, -0.2) is 46.8 Å². The highest BCUT2D eigenvalue weighted by Crippen LogP contribution is 2.41. The van der Waals surface area contributed by atoms with Crippen molar-refractivity contribution in [3.8, 4) is 11.5 Å². The molecule has 0 bridgehead atoms. The van der Waals surface area contributed by atoms with E-state index < -0.39 is 29.3 Å². The molecule has 12 heteroatoms. The van der Waals surface area contributed by atoms with Crippen LogP contribution in [0.25, 0.3) is 10.9 Å². The monoisotopic (exact) mass is 550 g/mol. The van der Waals surface area contributed by atoms with Crippen LogP contribution in [0.4, 0.5) is 11.4 Å². The van der Waals surface area contributed by atoms with Gasteiger partial charge in [0.15, 0.2) is 5.69 Å². The Morgan fingerprint density at radius 2 is 1.82 bits per heavy atom. The molecule has 4 aromatic rings. The fourth-order valence-electron chi connectivity index (χ4n) is 4.25. The van der Waals surface area contributed by atoms with Crippen molar-refractivity contribution in [3.05, 3.63) is 64.8 Å². The van der Waals surface area contributed by atoms with Crippen LogP contribution in [0.15, 0.2) is 48.7 Å². The van der Waals surface area contributed by atoms with Gasteiger partial charge in [0.05, 0.1) is 25.6 Å². The quantitative estimate of drug-likeness (QED) is 0.260. The van der Waals surface area contributed by atoms with Crippen LogP contribution < -0.4 is 31.2 Å². The number of rotatable bonds is 8. The fourth-order valence-corrected chi connectivity index (χ4v) is 4.99. The molecule has 0 spiro atoms. The fraction of sp³-hybridized carbons (Fsp3) is 0.259. The number of H-pyrrole nitrogens is 1. The number of nitrogen functional groups attached to an aromatic ring is 1. The number of anilines is 2. The number of hydrogen-bond acceptors (Lipinski definition) is 8. The van der Waals surface area contributed by atoms with Gasteiger partial charge in [-0.1, -0.05) is 18.2 Å². The van der Waals surface area contributed by atoms with Gasteiger partial charge >= 0.3 is 0 Å². The van der Waals surface area contributed by atoms with Crippen molar-refractivity contribution in [1.29, 1.82) is 0 Å². The second-order valence-electron chi connectivity index (χ2n) is 9.78. The van der Waals surface area contributed by atoms with Gasteiger partial charge in [-0.2, -0.15) is 4.37 Å². The molecule has 0 aliphatic rings. The third-order valence-electron chi connectivity index (χ3n) is 5.94. The molecule has 0 unspecified atom stereocenters. The van der Waals surface area contributed by atoms with Gasteiger partial charge in [-0.3, -0.25) is 19.3 Å². The van der Waals surface area contributed by atoms with E-state index >= 15 is 0 Å². The first-order valence-corrected chi connectivity index (χ1v) is 12.7. The number of aromatic amines is 1. The Kier molecular flexibility index (Phi) is 7.50. The van der Waals surface area contributed by atoms with Gasteiger partial charge in [-0.05, 0) is 50.5 Å². The number of ether oxygens (including phenoxy) is 2. The predicted molar refractivity (Wildman–Crippen MR) is 150 cm³/mol. The maximum atomic E-state index is 14.4. The van der Waals surface area contributed by atoms with Gasteiger partial charge < -0.3 is 31.2 Å². The molecule has 6 N–H and O–H groups in total. The first-order valence-electron chi connectivity index (χ1n) is 12.0. The first kappa shape index (κ1) is 27.5. The van der Waals surface area contributed by atoms with Crippen molar-refractivity contribution >= 4 is 51.5 Å². The largest absolute Gasteiger partial charge is 0.497 e. The molecule has 0 saturated carbocycles. The topological polar surface area (TPSA) is 166 Å². The number of carbonyl (C=O) groups excluding carboxylic acids is 3. The molecule has 39 heavy (non-hydrogen) atoms. The second kappa shape index (κ2) is 10.7. The summed E-state index contributed by atoms with van der Waals surface area (Å²) >= 11 is 0.724. The van der Waals surface area contributed by atoms with Crippen molar-refractivity contribution < 1.29 is 23.9 Å². The third kappa shape index (κ3) is 5.36. The highest BCUT2D eigenvalue weighted by Gasteiger charge is 2.39. The second-order valence-corrected chi connectivity index (χ2v) is 10.6. The Labute approximate surface area is 229 Å². The van der Waals surface area contributed by atoms with Gasteiger partial charge in [0, 0.05) is 34.3 Å². The Hall–Kier alpha value is -4.58. The molecule has 0 aliphatic heterocycles. The van der Waals surface area contributed by atoms with E-state index in [4.69, 9.17) is 20.9 Å². The molecular weight excluding hydrogens is 520 g/mol. The Bertz CT molecular complexity index is 1550. The highest BCUT2D eigenvalue weighted by molar-refractivity contribution is 7.09. The normalized spacial score (nSPS) is 12.1. The van der Waals surface area contributed by atoms with Crippen molar-refractivity contribution in [2.75, 3.05) is 24.9 Å². The number of nitrogens with zero attached hydrogens (tertiary/aromatic N) is 2. The average molecular weight is 551 g/mol. The molecule has 1 atom stereocenters. The van der Waals surface area contributed by atoms with E-state index in [1.54, 1.807) is 24.4 Å². The molecular formula is C27H30N6O5S. The predicted octanol–water partition coefficient (Wildman–Crippen LogP) is 3.63. The van der Waals surface area contributed by atoms with E-state index in [-0.39, 0.29) is 21.9 Å². The zero-order chi connectivity index (χ0) is 28.5. The van der Waals surface area contributed by atoms with Crippen LogP contribution in [0.1, 0.15) is 52.5 Å². The Morgan fingerprint density at radius 3 is 2.44 bits per heavy atom. The van der Waals surface area contributed by atoms with Gasteiger partial charge in [-0.25, -0.2) is 0 Å². The Morgan fingerprint density at radius 1 is 1.10 bits per heavy atom. The summed E-state index contributed by atoms with van der Waals surface area (Å²) in [6.45, 7) is 5.53.